The predicted octanol–water partition coefficient (Wildman–Crippen LogP) is -0.954. The molecule has 0 unspecified atom stereocenters. The number of primary sulfonamides is 1. The molecule has 0 aliphatic carbocycles. The van der Waals surface area contributed by atoms with Crippen molar-refractivity contribution in [3.63, 3.8) is 0 Å². The number of nitrogens with two attached hydrogens (primary N) is 1. The molecule has 0 atom stereocenters. The fourth-order valence-corrected chi connectivity index (χ4v) is 3.07. The van der Waals surface area contributed by atoms with Gasteiger partial charge in [-0.3, -0.25) is 9.59 Å². The maximum absolute atomic E-state index is 12.5. The van der Waals surface area contributed by atoms with Crippen molar-refractivity contribution in [2.45, 2.75) is 11.4 Å². The minimum absolute atomic E-state index is 0.0852. The number of sulfonamides is 1. The molecule has 1 aromatic heterocycles. The molecule has 3 aromatic rings. The summed E-state index contributed by atoms with van der Waals surface area (Å²) >= 11 is 0. The Morgan fingerprint density at radius 3 is 2.25 bits per heavy atom. The number of carboxylic acid groups (broad SMARTS) is 1. The molecule has 11 heteroatoms. The standard InChI is InChI=1S/C17H14N4O6S/c18-28(26,27)11-7-5-10(6-8-11)19-14(22)9-21-16(23)13-4-2-1-3-12(13)15(20-21)17(24)25/h1-8H,9H2,(H,19,22)(H,24,25)(H2,18,26,27)/p-1. The molecule has 0 bridgehead atoms. The Balaban J connectivity index is 1.88. The number of amides is 1. The van der Waals surface area contributed by atoms with E-state index in [2.05, 4.69) is 10.4 Å². The van der Waals surface area contributed by atoms with E-state index in [0.29, 0.717) is 0 Å². The van der Waals surface area contributed by atoms with E-state index >= 15 is 0 Å². The topological polar surface area (TPSA) is 164 Å². The van der Waals surface area contributed by atoms with E-state index in [9.17, 15) is 27.9 Å². The molecule has 0 radical (unpaired) electrons. The summed E-state index contributed by atoms with van der Waals surface area (Å²) in [7, 11) is -3.87. The molecule has 0 aliphatic heterocycles. The molecule has 3 rings (SSSR count). The van der Waals surface area contributed by atoms with Crippen LogP contribution in [-0.4, -0.2) is 30.1 Å². The van der Waals surface area contributed by atoms with Crippen LogP contribution >= 0.6 is 0 Å². The Morgan fingerprint density at radius 2 is 1.68 bits per heavy atom. The van der Waals surface area contributed by atoms with Gasteiger partial charge < -0.3 is 15.2 Å². The summed E-state index contributed by atoms with van der Waals surface area (Å²) in [5, 5.41) is 22.7. The molecule has 0 fully saturated rings. The number of rotatable bonds is 5. The lowest BCUT2D eigenvalue weighted by Gasteiger charge is -2.12. The van der Waals surface area contributed by atoms with Crippen molar-refractivity contribution in [2.75, 3.05) is 5.32 Å². The number of fused-ring (bicyclic) bond motifs is 1. The summed E-state index contributed by atoms with van der Waals surface area (Å²) in [5.74, 6) is -2.25. The van der Waals surface area contributed by atoms with Gasteiger partial charge in [-0.15, -0.1) is 0 Å². The highest BCUT2D eigenvalue weighted by Gasteiger charge is 2.14. The van der Waals surface area contributed by atoms with Gasteiger partial charge in [0, 0.05) is 11.1 Å². The number of aromatic nitrogens is 2. The number of anilines is 1. The van der Waals surface area contributed by atoms with Crippen LogP contribution in [0.15, 0.2) is 58.2 Å². The molecule has 0 aliphatic rings. The van der Waals surface area contributed by atoms with Gasteiger partial charge in [-0.05, 0) is 30.3 Å². The fraction of sp³-hybridized carbons (Fsp3) is 0.0588. The first-order valence-corrected chi connectivity index (χ1v) is 9.35. The number of nitrogens with one attached hydrogen (secondary N) is 1. The van der Waals surface area contributed by atoms with Crippen molar-refractivity contribution in [3.05, 3.63) is 64.6 Å². The molecule has 2 aromatic carbocycles. The van der Waals surface area contributed by atoms with Gasteiger partial charge >= 0.3 is 0 Å². The largest absolute Gasteiger partial charge is 0.543 e. The van der Waals surface area contributed by atoms with E-state index in [-0.39, 0.29) is 21.4 Å². The first kappa shape index (κ1) is 19.2. The third-order valence-corrected chi connectivity index (χ3v) is 4.75. The normalized spacial score (nSPS) is 11.3. The number of carboxylic acids is 1. The highest BCUT2D eigenvalue weighted by atomic mass is 32.2. The molecule has 0 saturated heterocycles. The SMILES string of the molecule is NS(=O)(=O)c1ccc(NC(=O)Cn2nc(C(=O)[O-])c3ccccc3c2=O)cc1. The zero-order chi connectivity index (χ0) is 20.5. The van der Waals surface area contributed by atoms with Crippen LogP contribution in [0.5, 0.6) is 0 Å². The van der Waals surface area contributed by atoms with Gasteiger partial charge in [-0.25, -0.2) is 18.2 Å². The third-order valence-electron chi connectivity index (χ3n) is 3.82. The van der Waals surface area contributed by atoms with Gasteiger partial charge in [0.1, 0.15) is 12.2 Å². The van der Waals surface area contributed by atoms with Crippen LogP contribution in [-0.2, 0) is 21.4 Å². The van der Waals surface area contributed by atoms with Crippen LogP contribution in [0.25, 0.3) is 10.8 Å². The van der Waals surface area contributed by atoms with Crippen molar-refractivity contribution in [2.24, 2.45) is 5.14 Å². The third kappa shape index (κ3) is 3.89. The van der Waals surface area contributed by atoms with Crippen LogP contribution in [0.2, 0.25) is 0 Å². The molecule has 1 amide bonds. The first-order valence-electron chi connectivity index (χ1n) is 7.81. The van der Waals surface area contributed by atoms with E-state index in [4.69, 9.17) is 5.14 Å². The first-order chi connectivity index (χ1) is 13.2. The highest BCUT2D eigenvalue weighted by Crippen LogP contribution is 2.14. The van der Waals surface area contributed by atoms with E-state index in [1.807, 2.05) is 0 Å². The van der Waals surface area contributed by atoms with Gasteiger partial charge in [-0.1, -0.05) is 18.2 Å². The zero-order valence-electron chi connectivity index (χ0n) is 14.2. The van der Waals surface area contributed by atoms with E-state index in [1.54, 1.807) is 12.1 Å². The molecule has 0 saturated carbocycles. The van der Waals surface area contributed by atoms with Crippen molar-refractivity contribution >= 4 is 38.4 Å². The monoisotopic (exact) mass is 401 g/mol. The second-order valence-electron chi connectivity index (χ2n) is 5.76. The second kappa shape index (κ2) is 7.21. The minimum atomic E-state index is -3.87. The molecule has 1 heterocycles. The van der Waals surface area contributed by atoms with Gasteiger partial charge in [0.2, 0.25) is 15.9 Å². The summed E-state index contributed by atoms with van der Waals surface area (Å²) < 4.78 is 23.2. The molecule has 144 valence electrons. The van der Waals surface area contributed by atoms with E-state index in [0.717, 1.165) is 4.68 Å². The predicted molar refractivity (Wildman–Crippen MR) is 96.8 cm³/mol. The Hall–Kier alpha value is -3.57. The number of hydrogen-bond acceptors (Lipinski definition) is 7. The quantitative estimate of drug-likeness (QED) is 0.556. The number of aromatic carboxylic acids is 1. The molecular formula is C17H13N4O6S-. The average molecular weight is 401 g/mol. The Labute approximate surface area is 158 Å². The summed E-state index contributed by atoms with van der Waals surface area (Å²) in [6.45, 7) is -0.555. The number of carbonyl (C=O) groups excluding carboxylic acids is 2. The number of carbonyl (C=O) groups is 2. The number of benzene rings is 2. The van der Waals surface area contributed by atoms with Crippen LogP contribution < -0.4 is 21.1 Å². The van der Waals surface area contributed by atoms with Gasteiger partial charge in [-0.2, -0.15) is 5.10 Å². The zero-order valence-corrected chi connectivity index (χ0v) is 15.0. The van der Waals surface area contributed by atoms with Crippen LogP contribution in [0.4, 0.5) is 5.69 Å². The summed E-state index contributed by atoms with van der Waals surface area (Å²) in [6, 6.07) is 11.0. The average Bonchev–Trinajstić information content (AvgIpc) is 2.63. The molecular weight excluding hydrogens is 388 g/mol. The second-order valence-corrected chi connectivity index (χ2v) is 7.32. The van der Waals surface area contributed by atoms with Crippen LogP contribution in [0.3, 0.4) is 0 Å². The minimum Gasteiger partial charge on any atom is -0.543 e. The van der Waals surface area contributed by atoms with Crippen molar-refractivity contribution < 1.29 is 23.1 Å². The lowest BCUT2D eigenvalue weighted by atomic mass is 10.1. The van der Waals surface area contributed by atoms with Crippen molar-refractivity contribution in [1.82, 2.24) is 9.78 Å². The maximum Gasteiger partial charge on any atom is 0.275 e. The number of nitrogens with zero attached hydrogens (tertiary/aromatic N) is 2. The summed E-state index contributed by atoms with van der Waals surface area (Å²) in [4.78, 5) is 35.9. The lowest BCUT2D eigenvalue weighted by Crippen LogP contribution is -2.34. The van der Waals surface area contributed by atoms with Gasteiger partial charge in [0.05, 0.1) is 16.3 Å². The Morgan fingerprint density at radius 1 is 1.07 bits per heavy atom. The molecule has 10 nitrogen and oxygen atoms in total. The van der Waals surface area contributed by atoms with Gasteiger partial charge in [0.15, 0.2) is 0 Å². The van der Waals surface area contributed by atoms with E-state index in [1.165, 1.54) is 36.4 Å². The lowest BCUT2D eigenvalue weighted by molar-refractivity contribution is -0.255. The van der Waals surface area contributed by atoms with Crippen molar-refractivity contribution in [1.29, 1.82) is 0 Å². The Bertz CT molecular complexity index is 1250. The fourth-order valence-electron chi connectivity index (χ4n) is 2.56. The van der Waals surface area contributed by atoms with Gasteiger partial charge in [0.25, 0.3) is 5.56 Å². The molecule has 28 heavy (non-hydrogen) atoms. The molecule has 3 N–H and O–H groups in total. The van der Waals surface area contributed by atoms with Crippen molar-refractivity contribution in [3.8, 4) is 0 Å². The number of hydrogen-bond donors (Lipinski definition) is 2. The van der Waals surface area contributed by atoms with E-state index < -0.39 is 39.7 Å². The van der Waals surface area contributed by atoms with Crippen LogP contribution in [0, 0.1) is 0 Å². The summed E-state index contributed by atoms with van der Waals surface area (Å²) in [5.41, 5.74) is -0.841. The smallest absolute Gasteiger partial charge is 0.275 e. The molecule has 0 spiro atoms. The maximum atomic E-state index is 12.5. The Kier molecular flexibility index (Phi) is 4.94. The van der Waals surface area contributed by atoms with Crippen LogP contribution in [0.1, 0.15) is 10.5 Å². The summed E-state index contributed by atoms with van der Waals surface area (Å²) in [6.07, 6.45) is 0. The highest BCUT2D eigenvalue weighted by molar-refractivity contribution is 7.89.